The molecule has 2 aromatic heterocycles. The molecule has 3 heterocycles. The van der Waals surface area contributed by atoms with Gasteiger partial charge in [0.2, 0.25) is 5.91 Å². The van der Waals surface area contributed by atoms with Crippen molar-refractivity contribution in [2.45, 2.75) is 50.6 Å². The zero-order chi connectivity index (χ0) is 22.2. The molecule has 0 saturated carbocycles. The number of anilines is 1. The highest BCUT2D eigenvalue weighted by molar-refractivity contribution is 7.93. The Bertz CT molecular complexity index is 1190. The highest BCUT2D eigenvalue weighted by Gasteiger charge is 2.28. The van der Waals surface area contributed by atoms with E-state index >= 15 is 0 Å². The van der Waals surface area contributed by atoms with Gasteiger partial charge in [-0.3, -0.25) is 14.2 Å². The number of rotatable bonds is 5. The molecule has 1 amide bonds. The van der Waals surface area contributed by atoms with E-state index in [0.717, 1.165) is 12.0 Å². The van der Waals surface area contributed by atoms with Crippen molar-refractivity contribution < 1.29 is 13.2 Å². The third-order valence-electron chi connectivity index (χ3n) is 5.08. The third kappa shape index (κ3) is 4.64. The van der Waals surface area contributed by atoms with E-state index in [9.17, 15) is 13.2 Å². The van der Waals surface area contributed by atoms with Crippen LogP contribution in [0.4, 0.5) is 5.13 Å². The van der Waals surface area contributed by atoms with E-state index in [4.69, 9.17) is 0 Å². The molecule has 164 valence electrons. The molecule has 0 aliphatic carbocycles. The van der Waals surface area contributed by atoms with Crippen LogP contribution in [-0.2, 0) is 39.7 Å². The molecule has 1 N–H and O–H groups in total. The zero-order valence-corrected chi connectivity index (χ0v) is 19.3. The normalized spacial score (nSPS) is 14.4. The second-order valence-corrected chi connectivity index (χ2v) is 11.0. The predicted molar refractivity (Wildman–Crippen MR) is 119 cm³/mol. The van der Waals surface area contributed by atoms with Gasteiger partial charge in [-0.15, -0.1) is 11.3 Å². The van der Waals surface area contributed by atoms with Gasteiger partial charge in [0.1, 0.15) is 0 Å². The first-order valence-electron chi connectivity index (χ1n) is 10.00. The Morgan fingerprint density at radius 1 is 1.23 bits per heavy atom. The van der Waals surface area contributed by atoms with E-state index in [0.29, 0.717) is 18.8 Å². The topological polar surface area (TPSA) is 97.2 Å². The van der Waals surface area contributed by atoms with Gasteiger partial charge in [0.15, 0.2) is 5.13 Å². The highest BCUT2D eigenvalue weighted by atomic mass is 32.2. The average molecular weight is 460 g/mol. The summed E-state index contributed by atoms with van der Waals surface area (Å²) < 4.78 is 29.4. The Labute approximate surface area is 186 Å². The maximum Gasteiger partial charge on any atom is 0.263 e. The van der Waals surface area contributed by atoms with Crippen LogP contribution in [0.5, 0.6) is 0 Å². The fourth-order valence-electron chi connectivity index (χ4n) is 3.60. The molecule has 0 atom stereocenters. The molecule has 0 unspecified atom stereocenters. The third-order valence-corrected chi connectivity index (χ3v) is 7.37. The fourth-order valence-corrected chi connectivity index (χ4v) is 5.58. The Hall–Kier alpha value is -2.72. The summed E-state index contributed by atoms with van der Waals surface area (Å²) in [7, 11) is -3.70. The number of hydrogen-bond acceptors (Lipinski definition) is 6. The van der Waals surface area contributed by atoms with Gasteiger partial charge in [0, 0.05) is 36.1 Å². The van der Waals surface area contributed by atoms with E-state index < -0.39 is 10.0 Å². The molecule has 3 aromatic rings. The van der Waals surface area contributed by atoms with Gasteiger partial charge in [0.05, 0.1) is 28.7 Å². The fraction of sp³-hybridized carbons (Fsp3) is 0.381. The molecular weight excluding hydrogens is 434 g/mol. The quantitative estimate of drug-likeness (QED) is 0.633. The Kier molecular flexibility index (Phi) is 5.61. The number of nitrogens with one attached hydrogen (secondary N) is 1. The van der Waals surface area contributed by atoms with Crippen molar-refractivity contribution in [2.24, 2.45) is 0 Å². The van der Waals surface area contributed by atoms with Crippen molar-refractivity contribution in [3.8, 4) is 0 Å². The molecule has 0 spiro atoms. The molecule has 31 heavy (non-hydrogen) atoms. The summed E-state index contributed by atoms with van der Waals surface area (Å²) in [6.07, 6.45) is 2.74. The van der Waals surface area contributed by atoms with Crippen LogP contribution in [0.25, 0.3) is 0 Å². The summed E-state index contributed by atoms with van der Waals surface area (Å²) in [6, 6.07) is 8.12. The molecule has 1 aliphatic heterocycles. The van der Waals surface area contributed by atoms with Gasteiger partial charge in [-0.2, -0.15) is 5.10 Å². The first-order valence-corrected chi connectivity index (χ1v) is 12.4. The van der Waals surface area contributed by atoms with E-state index in [2.05, 4.69) is 35.6 Å². The number of benzene rings is 1. The van der Waals surface area contributed by atoms with Gasteiger partial charge >= 0.3 is 0 Å². The minimum Gasteiger partial charge on any atom is -0.338 e. The number of aromatic nitrogens is 3. The Balaban J connectivity index is 1.40. The molecule has 0 saturated heterocycles. The van der Waals surface area contributed by atoms with Crippen molar-refractivity contribution in [1.82, 2.24) is 19.7 Å². The number of carbonyl (C=O) groups excluding carboxylic acids is 1. The number of nitrogens with zero attached hydrogens (tertiary/aromatic N) is 4. The number of thiazole rings is 1. The van der Waals surface area contributed by atoms with Gasteiger partial charge in [0.25, 0.3) is 10.0 Å². The lowest BCUT2D eigenvalue weighted by molar-refractivity contribution is -0.131. The first kappa shape index (κ1) is 21.5. The van der Waals surface area contributed by atoms with Gasteiger partial charge in [-0.05, 0) is 32.9 Å². The monoisotopic (exact) mass is 459 g/mol. The predicted octanol–water partition coefficient (Wildman–Crippen LogP) is 3.02. The van der Waals surface area contributed by atoms with Gasteiger partial charge < -0.3 is 4.90 Å². The van der Waals surface area contributed by atoms with Crippen LogP contribution in [0.2, 0.25) is 0 Å². The van der Waals surface area contributed by atoms with Crippen molar-refractivity contribution >= 4 is 32.4 Å². The van der Waals surface area contributed by atoms with Crippen LogP contribution < -0.4 is 4.72 Å². The van der Waals surface area contributed by atoms with Crippen LogP contribution in [0.15, 0.2) is 46.8 Å². The largest absolute Gasteiger partial charge is 0.338 e. The van der Waals surface area contributed by atoms with Gasteiger partial charge in [-0.1, -0.05) is 18.2 Å². The molecule has 10 heteroatoms. The summed E-state index contributed by atoms with van der Waals surface area (Å²) in [5, 5.41) is 6.48. The minimum absolute atomic E-state index is 0.0306. The number of hydrogen-bond donors (Lipinski definition) is 1. The Morgan fingerprint density at radius 2 is 1.97 bits per heavy atom. The summed E-state index contributed by atoms with van der Waals surface area (Å²) in [6.45, 7) is 7.50. The lowest BCUT2D eigenvalue weighted by Gasteiger charge is -2.30. The maximum absolute atomic E-state index is 12.8. The van der Waals surface area contributed by atoms with Crippen molar-refractivity contribution in [1.29, 1.82) is 0 Å². The van der Waals surface area contributed by atoms with Crippen molar-refractivity contribution in [3.63, 3.8) is 0 Å². The molecule has 4 rings (SSSR count). The van der Waals surface area contributed by atoms with E-state index in [-0.39, 0.29) is 27.9 Å². The first-order chi connectivity index (χ1) is 14.6. The SMILES string of the molecule is CC(C)(C)n1ncc2c1CCN(C(=O)Cc1csc(NS(=O)(=O)c3ccccc3)n1)C2. The molecule has 1 aromatic carbocycles. The number of sulfonamides is 1. The van der Waals surface area contributed by atoms with Crippen LogP contribution >= 0.6 is 11.3 Å². The molecule has 8 nitrogen and oxygen atoms in total. The zero-order valence-electron chi connectivity index (χ0n) is 17.7. The standard InChI is InChI=1S/C21H25N5O3S2/c1-21(2,3)26-18-9-10-25(13-15(18)12-22-26)19(27)11-16-14-30-20(23-16)24-31(28,29)17-7-5-4-6-8-17/h4-8,12,14H,9-11,13H2,1-3H3,(H,23,24). The van der Waals surface area contributed by atoms with E-state index in [1.54, 1.807) is 23.6 Å². The minimum atomic E-state index is -3.70. The second-order valence-electron chi connectivity index (χ2n) is 8.50. The van der Waals surface area contributed by atoms with Crippen molar-refractivity contribution in [3.05, 3.63) is 58.9 Å². The van der Waals surface area contributed by atoms with E-state index in [1.165, 1.54) is 29.2 Å². The van der Waals surface area contributed by atoms with Crippen LogP contribution in [0, 0.1) is 0 Å². The number of fused-ring (bicyclic) bond motifs is 1. The lowest BCUT2D eigenvalue weighted by atomic mass is 10.0. The molecule has 0 bridgehead atoms. The van der Waals surface area contributed by atoms with E-state index in [1.807, 2.05) is 15.8 Å². The number of amides is 1. The lowest BCUT2D eigenvalue weighted by Crippen LogP contribution is -2.38. The summed E-state index contributed by atoms with van der Waals surface area (Å²) in [5.41, 5.74) is 2.72. The smallest absolute Gasteiger partial charge is 0.263 e. The van der Waals surface area contributed by atoms with Crippen LogP contribution in [-0.4, -0.2) is 40.5 Å². The maximum atomic E-state index is 12.8. The molecular formula is C21H25N5O3S2. The average Bonchev–Trinajstić information content (AvgIpc) is 3.34. The molecule has 1 aliphatic rings. The van der Waals surface area contributed by atoms with Crippen LogP contribution in [0.1, 0.15) is 37.7 Å². The summed E-state index contributed by atoms with van der Waals surface area (Å²) in [5.74, 6) is -0.0306. The number of carbonyl (C=O) groups is 1. The molecule has 0 fully saturated rings. The van der Waals surface area contributed by atoms with Crippen LogP contribution in [0.3, 0.4) is 0 Å². The van der Waals surface area contributed by atoms with Gasteiger partial charge in [-0.25, -0.2) is 13.4 Å². The second kappa shape index (κ2) is 8.08. The summed E-state index contributed by atoms with van der Waals surface area (Å²) >= 11 is 1.17. The summed E-state index contributed by atoms with van der Waals surface area (Å²) in [4.78, 5) is 19.1. The Morgan fingerprint density at radius 3 is 2.68 bits per heavy atom. The molecule has 0 radical (unpaired) electrons. The highest BCUT2D eigenvalue weighted by Crippen LogP contribution is 2.25. The van der Waals surface area contributed by atoms with Crippen molar-refractivity contribution in [2.75, 3.05) is 11.3 Å².